The lowest BCUT2D eigenvalue weighted by atomic mass is 9.92. The first-order valence-corrected chi connectivity index (χ1v) is 7.72. The zero-order chi connectivity index (χ0) is 14.7. The molecular formula is C16H23N3O2. The minimum Gasteiger partial charge on any atom is -0.440 e. The largest absolute Gasteiger partial charge is 0.440 e. The molecule has 2 aliphatic heterocycles. The van der Waals surface area contributed by atoms with Gasteiger partial charge in [-0.25, -0.2) is 4.79 Å². The van der Waals surface area contributed by atoms with Gasteiger partial charge in [0.1, 0.15) is 5.60 Å². The zero-order valence-electron chi connectivity index (χ0n) is 12.6. The lowest BCUT2D eigenvalue weighted by Gasteiger charge is -2.38. The number of hydrogen-bond acceptors (Lipinski definition) is 4. The van der Waals surface area contributed by atoms with Gasteiger partial charge >= 0.3 is 6.09 Å². The van der Waals surface area contributed by atoms with Crippen molar-refractivity contribution in [1.82, 2.24) is 14.8 Å². The standard InChI is InChI=1S/C16H23N3O2/c1-18-12-16(21-15(18)20)7-4-10-19(13-16)9-3-6-14-5-2-8-17-11-14/h2,5,8,11H,3-4,6-7,9-10,12-13H2,1H3/t16-/m0/s1. The lowest BCUT2D eigenvalue weighted by molar-refractivity contribution is -0.00892. The number of rotatable bonds is 4. The average molecular weight is 289 g/mol. The van der Waals surface area contributed by atoms with E-state index in [0.29, 0.717) is 0 Å². The predicted molar refractivity (Wildman–Crippen MR) is 80.1 cm³/mol. The van der Waals surface area contributed by atoms with Crippen LogP contribution in [0.2, 0.25) is 0 Å². The van der Waals surface area contributed by atoms with Gasteiger partial charge in [0, 0.05) is 26.0 Å². The maximum Gasteiger partial charge on any atom is 0.410 e. The first kappa shape index (κ1) is 14.3. The van der Waals surface area contributed by atoms with E-state index in [0.717, 1.165) is 51.9 Å². The summed E-state index contributed by atoms with van der Waals surface area (Å²) < 4.78 is 5.63. The molecule has 5 nitrogen and oxygen atoms in total. The summed E-state index contributed by atoms with van der Waals surface area (Å²) >= 11 is 0. The molecule has 0 aromatic carbocycles. The molecule has 1 amide bonds. The molecule has 0 N–H and O–H groups in total. The molecule has 1 spiro atoms. The Balaban J connectivity index is 1.49. The number of piperidine rings is 1. The van der Waals surface area contributed by atoms with Crippen molar-refractivity contribution in [3.05, 3.63) is 30.1 Å². The summed E-state index contributed by atoms with van der Waals surface area (Å²) in [5.74, 6) is 0. The number of carbonyl (C=O) groups is 1. The molecule has 0 radical (unpaired) electrons. The summed E-state index contributed by atoms with van der Waals surface area (Å²) in [4.78, 5) is 19.9. The first-order chi connectivity index (χ1) is 10.2. The third-order valence-electron chi connectivity index (χ3n) is 4.42. The average Bonchev–Trinajstić information content (AvgIpc) is 2.74. The van der Waals surface area contributed by atoms with Crippen molar-refractivity contribution in [2.24, 2.45) is 0 Å². The Morgan fingerprint density at radius 1 is 1.43 bits per heavy atom. The quantitative estimate of drug-likeness (QED) is 0.849. The molecule has 1 aromatic rings. The first-order valence-electron chi connectivity index (χ1n) is 7.72. The number of ether oxygens (including phenoxy) is 1. The van der Waals surface area contributed by atoms with E-state index in [2.05, 4.69) is 16.0 Å². The predicted octanol–water partition coefficient (Wildman–Crippen LogP) is 1.93. The fourth-order valence-corrected chi connectivity index (χ4v) is 3.44. The summed E-state index contributed by atoms with van der Waals surface area (Å²) in [6.07, 6.45) is 7.83. The normalized spacial score (nSPS) is 26.3. The van der Waals surface area contributed by atoms with Crippen molar-refractivity contribution < 1.29 is 9.53 Å². The van der Waals surface area contributed by atoms with Crippen LogP contribution in [-0.4, -0.2) is 59.7 Å². The van der Waals surface area contributed by atoms with E-state index in [4.69, 9.17) is 4.74 Å². The molecule has 2 aliphatic rings. The van der Waals surface area contributed by atoms with Crippen LogP contribution in [0, 0.1) is 0 Å². The molecule has 0 aliphatic carbocycles. The van der Waals surface area contributed by atoms with Gasteiger partial charge in [-0.1, -0.05) is 6.07 Å². The smallest absolute Gasteiger partial charge is 0.410 e. The van der Waals surface area contributed by atoms with Gasteiger partial charge in [-0.15, -0.1) is 0 Å². The van der Waals surface area contributed by atoms with Gasteiger partial charge in [-0.2, -0.15) is 0 Å². The van der Waals surface area contributed by atoms with E-state index < -0.39 is 0 Å². The molecule has 0 bridgehead atoms. The highest BCUT2D eigenvalue weighted by Crippen LogP contribution is 2.31. The molecule has 1 aromatic heterocycles. The van der Waals surface area contributed by atoms with Crippen LogP contribution < -0.4 is 0 Å². The highest BCUT2D eigenvalue weighted by molar-refractivity contribution is 5.70. The number of hydrogen-bond donors (Lipinski definition) is 0. The molecule has 2 fully saturated rings. The maximum atomic E-state index is 11.6. The second-order valence-electron chi connectivity index (χ2n) is 6.25. The number of amides is 1. The van der Waals surface area contributed by atoms with Crippen molar-refractivity contribution in [3.63, 3.8) is 0 Å². The molecular weight excluding hydrogens is 266 g/mol. The van der Waals surface area contributed by atoms with Gasteiger partial charge in [0.15, 0.2) is 0 Å². The molecule has 5 heteroatoms. The number of likely N-dealkylation sites (N-methyl/N-ethyl adjacent to an activating group) is 1. The summed E-state index contributed by atoms with van der Waals surface area (Å²) in [6.45, 7) is 3.76. The van der Waals surface area contributed by atoms with E-state index in [1.807, 2.05) is 25.5 Å². The molecule has 114 valence electrons. The molecule has 0 saturated carbocycles. The van der Waals surface area contributed by atoms with Crippen molar-refractivity contribution in [1.29, 1.82) is 0 Å². The fourth-order valence-electron chi connectivity index (χ4n) is 3.44. The van der Waals surface area contributed by atoms with Crippen molar-refractivity contribution in [2.75, 3.05) is 33.2 Å². The Morgan fingerprint density at radius 2 is 2.33 bits per heavy atom. The summed E-state index contributed by atoms with van der Waals surface area (Å²) in [5.41, 5.74) is 1.02. The Bertz CT molecular complexity index is 494. The van der Waals surface area contributed by atoms with E-state index in [9.17, 15) is 4.79 Å². The van der Waals surface area contributed by atoms with Crippen LogP contribution in [0.4, 0.5) is 4.79 Å². The number of likely N-dealkylation sites (tertiary alicyclic amines) is 1. The Labute approximate surface area is 125 Å². The highest BCUT2D eigenvalue weighted by atomic mass is 16.6. The van der Waals surface area contributed by atoms with Crippen LogP contribution >= 0.6 is 0 Å². The number of aryl methyl sites for hydroxylation is 1. The van der Waals surface area contributed by atoms with Gasteiger partial charge in [0.2, 0.25) is 0 Å². The van der Waals surface area contributed by atoms with Crippen molar-refractivity contribution in [2.45, 2.75) is 31.3 Å². The Morgan fingerprint density at radius 3 is 3.05 bits per heavy atom. The third-order valence-corrected chi connectivity index (χ3v) is 4.42. The second kappa shape index (κ2) is 6.02. The summed E-state index contributed by atoms with van der Waals surface area (Å²) in [6, 6.07) is 4.11. The van der Waals surface area contributed by atoms with Gasteiger partial charge in [-0.3, -0.25) is 9.88 Å². The van der Waals surface area contributed by atoms with E-state index in [1.165, 1.54) is 5.56 Å². The zero-order valence-corrected chi connectivity index (χ0v) is 12.6. The molecule has 3 heterocycles. The molecule has 0 unspecified atom stereocenters. The molecule has 2 saturated heterocycles. The fraction of sp³-hybridized carbons (Fsp3) is 0.625. The Kier molecular flexibility index (Phi) is 4.10. The van der Waals surface area contributed by atoms with E-state index in [1.54, 1.807) is 4.90 Å². The topological polar surface area (TPSA) is 45.7 Å². The number of carbonyl (C=O) groups excluding carboxylic acids is 1. The third kappa shape index (κ3) is 3.35. The van der Waals surface area contributed by atoms with E-state index in [-0.39, 0.29) is 11.7 Å². The van der Waals surface area contributed by atoms with Crippen LogP contribution in [-0.2, 0) is 11.2 Å². The monoisotopic (exact) mass is 289 g/mol. The van der Waals surface area contributed by atoms with Crippen molar-refractivity contribution >= 4 is 6.09 Å². The van der Waals surface area contributed by atoms with Crippen LogP contribution in [0.5, 0.6) is 0 Å². The number of pyridine rings is 1. The van der Waals surface area contributed by atoms with Gasteiger partial charge < -0.3 is 9.64 Å². The molecule has 21 heavy (non-hydrogen) atoms. The minimum atomic E-state index is -0.265. The highest BCUT2D eigenvalue weighted by Gasteiger charge is 2.46. The van der Waals surface area contributed by atoms with Crippen LogP contribution in [0.25, 0.3) is 0 Å². The van der Waals surface area contributed by atoms with Crippen LogP contribution in [0.15, 0.2) is 24.5 Å². The van der Waals surface area contributed by atoms with E-state index >= 15 is 0 Å². The summed E-state index contributed by atoms with van der Waals surface area (Å²) in [7, 11) is 1.82. The lowest BCUT2D eigenvalue weighted by Crippen LogP contribution is -2.50. The summed E-state index contributed by atoms with van der Waals surface area (Å²) in [5, 5.41) is 0. The number of aromatic nitrogens is 1. The minimum absolute atomic E-state index is 0.174. The molecule has 1 atom stereocenters. The van der Waals surface area contributed by atoms with Gasteiger partial charge in [-0.05, 0) is 50.4 Å². The van der Waals surface area contributed by atoms with Crippen LogP contribution in [0.1, 0.15) is 24.8 Å². The Hall–Kier alpha value is -1.62. The SMILES string of the molecule is CN1C[C@]2(CCCN(CCCc3cccnc3)C2)OC1=O. The maximum absolute atomic E-state index is 11.6. The molecule has 3 rings (SSSR count). The van der Waals surface area contributed by atoms with Gasteiger partial charge in [0.05, 0.1) is 6.54 Å². The van der Waals surface area contributed by atoms with Crippen LogP contribution in [0.3, 0.4) is 0 Å². The van der Waals surface area contributed by atoms with Gasteiger partial charge in [0.25, 0.3) is 0 Å². The number of nitrogens with zero attached hydrogens (tertiary/aromatic N) is 3. The van der Waals surface area contributed by atoms with Crippen molar-refractivity contribution in [3.8, 4) is 0 Å². The second-order valence-corrected chi connectivity index (χ2v) is 6.25.